The number of carbonyl (C=O) groups is 2. The smallest absolute Gasteiger partial charge is 0.288 e. The van der Waals surface area contributed by atoms with Gasteiger partial charge in [-0.1, -0.05) is 6.07 Å². The fraction of sp³-hybridized carbons (Fsp3) is 0.438. The summed E-state index contributed by atoms with van der Waals surface area (Å²) in [5, 5.41) is 5.67. The van der Waals surface area contributed by atoms with Crippen LogP contribution in [0, 0.1) is 0 Å². The number of hydrogen-bond donors (Lipinski definition) is 2. The molecule has 0 aliphatic rings. The van der Waals surface area contributed by atoms with Crippen molar-refractivity contribution in [3.8, 4) is 0 Å². The van der Waals surface area contributed by atoms with Gasteiger partial charge in [0.2, 0.25) is 5.82 Å². The van der Waals surface area contributed by atoms with Crippen LogP contribution in [0.15, 0.2) is 24.4 Å². The lowest BCUT2D eigenvalue weighted by atomic mass is 10.1. The van der Waals surface area contributed by atoms with Crippen molar-refractivity contribution < 1.29 is 9.59 Å². The zero-order valence-electron chi connectivity index (χ0n) is 13.6. The van der Waals surface area contributed by atoms with Crippen LogP contribution >= 0.6 is 0 Å². The van der Waals surface area contributed by atoms with Crippen molar-refractivity contribution in [3.05, 3.63) is 35.9 Å². The molecule has 22 heavy (non-hydrogen) atoms. The summed E-state index contributed by atoms with van der Waals surface area (Å²) in [6.07, 6.45) is 1.73. The van der Waals surface area contributed by atoms with Gasteiger partial charge in [-0.05, 0) is 46.8 Å². The molecule has 0 unspecified atom stereocenters. The number of nitrogens with zero attached hydrogens (tertiary/aromatic N) is 2. The highest BCUT2D eigenvalue weighted by atomic mass is 16.2. The average molecular weight is 302 g/mol. The standard InChI is InChI=1S/C16H22N4O2/c1-10(2)17-14(21)12-11-8-6-7-9-20(11)13(18-12)15(22)19-16(3,4)5/h6-10H,1-5H3,(H,17,21)(H,19,22). The van der Waals surface area contributed by atoms with Gasteiger partial charge < -0.3 is 10.6 Å². The van der Waals surface area contributed by atoms with Crippen molar-refractivity contribution in [1.29, 1.82) is 0 Å². The highest BCUT2D eigenvalue weighted by Crippen LogP contribution is 2.14. The lowest BCUT2D eigenvalue weighted by Gasteiger charge is -2.19. The summed E-state index contributed by atoms with van der Waals surface area (Å²) in [6.45, 7) is 9.44. The maximum atomic E-state index is 12.4. The first kappa shape index (κ1) is 16.0. The van der Waals surface area contributed by atoms with E-state index in [1.165, 1.54) is 0 Å². The number of nitrogens with one attached hydrogen (secondary N) is 2. The first-order chi connectivity index (χ1) is 10.2. The van der Waals surface area contributed by atoms with Crippen LogP contribution in [-0.4, -0.2) is 32.8 Å². The predicted octanol–water partition coefficient (Wildman–Crippen LogP) is 2.00. The van der Waals surface area contributed by atoms with Crippen molar-refractivity contribution in [3.63, 3.8) is 0 Å². The molecule has 0 aliphatic heterocycles. The number of hydrogen-bond acceptors (Lipinski definition) is 3. The largest absolute Gasteiger partial charge is 0.348 e. The Morgan fingerprint density at radius 1 is 1.18 bits per heavy atom. The SMILES string of the molecule is CC(C)NC(=O)c1nc(C(=O)NC(C)(C)C)n2ccccc12. The lowest BCUT2D eigenvalue weighted by molar-refractivity contribution is 0.0908. The Labute approximate surface area is 129 Å². The Hall–Kier alpha value is -2.37. The zero-order valence-corrected chi connectivity index (χ0v) is 13.6. The summed E-state index contributed by atoms with van der Waals surface area (Å²) in [6, 6.07) is 5.39. The Balaban J connectivity index is 2.48. The summed E-state index contributed by atoms with van der Waals surface area (Å²) < 4.78 is 1.64. The van der Waals surface area contributed by atoms with Crippen molar-refractivity contribution in [2.45, 2.75) is 46.2 Å². The molecule has 0 saturated heterocycles. The number of aromatic nitrogens is 2. The summed E-state index contributed by atoms with van der Waals surface area (Å²) >= 11 is 0. The van der Waals surface area contributed by atoms with E-state index in [1.54, 1.807) is 22.7 Å². The molecule has 2 aromatic rings. The van der Waals surface area contributed by atoms with E-state index >= 15 is 0 Å². The van der Waals surface area contributed by atoms with E-state index in [9.17, 15) is 9.59 Å². The van der Waals surface area contributed by atoms with Crippen molar-refractivity contribution in [1.82, 2.24) is 20.0 Å². The van der Waals surface area contributed by atoms with E-state index in [1.807, 2.05) is 40.7 Å². The molecule has 0 aliphatic carbocycles. The number of amides is 2. The van der Waals surface area contributed by atoms with Crippen LogP contribution < -0.4 is 10.6 Å². The Morgan fingerprint density at radius 3 is 2.45 bits per heavy atom. The number of imidazole rings is 1. The van der Waals surface area contributed by atoms with Crippen molar-refractivity contribution >= 4 is 17.3 Å². The number of fused-ring (bicyclic) bond motifs is 1. The van der Waals surface area contributed by atoms with Gasteiger partial charge in [0.25, 0.3) is 11.8 Å². The van der Waals surface area contributed by atoms with Gasteiger partial charge in [-0.15, -0.1) is 0 Å². The van der Waals surface area contributed by atoms with Gasteiger partial charge in [0, 0.05) is 17.8 Å². The molecule has 2 heterocycles. The number of rotatable bonds is 3. The molecule has 6 heteroatoms. The Bertz CT molecular complexity index is 710. The molecular weight excluding hydrogens is 280 g/mol. The van der Waals surface area contributed by atoms with Crippen molar-refractivity contribution in [2.75, 3.05) is 0 Å². The number of carbonyl (C=O) groups excluding carboxylic acids is 2. The Kier molecular flexibility index (Phi) is 4.21. The van der Waals surface area contributed by atoms with Gasteiger partial charge in [0.05, 0.1) is 5.52 Å². The van der Waals surface area contributed by atoms with Gasteiger partial charge in [-0.3, -0.25) is 14.0 Å². The normalized spacial score (nSPS) is 11.7. The molecule has 0 saturated carbocycles. The molecule has 118 valence electrons. The van der Waals surface area contributed by atoms with Crippen LogP contribution in [0.25, 0.3) is 5.52 Å². The highest BCUT2D eigenvalue weighted by Gasteiger charge is 2.24. The third kappa shape index (κ3) is 3.44. The molecule has 0 bridgehead atoms. The van der Waals surface area contributed by atoms with Crippen LogP contribution in [-0.2, 0) is 0 Å². The lowest BCUT2D eigenvalue weighted by Crippen LogP contribution is -2.41. The first-order valence-electron chi connectivity index (χ1n) is 7.29. The molecule has 2 amide bonds. The van der Waals surface area contributed by atoms with Crippen LogP contribution in [0.3, 0.4) is 0 Å². The van der Waals surface area contributed by atoms with E-state index in [0.29, 0.717) is 5.52 Å². The van der Waals surface area contributed by atoms with E-state index in [-0.39, 0.29) is 34.9 Å². The van der Waals surface area contributed by atoms with Crippen LogP contribution in [0.5, 0.6) is 0 Å². The maximum Gasteiger partial charge on any atom is 0.288 e. The van der Waals surface area contributed by atoms with Crippen LogP contribution in [0.1, 0.15) is 55.7 Å². The first-order valence-corrected chi connectivity index (χ1v) is 7.29. The van der Waals surface area contributed by atoms with Crippen LogP contribution in [0.2, 0.25) is 0 Å². The second-order valence-electron chi connectivity index (χ2n) is 6.57. The predicted molar refractivity (Wildman–Crippen MR) is 85.0 cm³/mol. The van der Waals surface area contributed by atoms with Gasteiger partial charge >= 0.3 is 0 Å². The molecule has 0 atom stereocenters. The van der Waals surface area contributed by atoms with E-state index in [0.717, 1.165) is 0 Å². The Morgan fingerprint density at radius 2 is 1.86 bits per heavy atom. The monoisotopic (exact) mass is 302 g/mol. The fourth-order valence-electron chi connectivity index (χ4n) is 2.09. The molecule has 0 spiro atoms. The van der Waals surface area contributed by atoms with Gasteiger partial charge in [0.1, 0.15) is 0 Å². The van der Waals surface area contributed by atoms with Gasteiger partial charge in [0.15, 0.2) is 5.69 Å². The molecule has 2 N–H and O–H groups in total. The minimum absolute atomic E-state index is 0.000172. The van der Waals surface area contributed by atoms with Crippen LogP contribution in [0.4, 0.5) is 0 Å². The van der Waals surface area contributed by atoms with Gasteiger partial charge in [-0.25, -0.2) is 4.98 Å². The minimum atomic E-state index is -0.377. The molecule has 6 nitrogen and oxygen atoms in total. The molecule has 0 fully saturated rings. The van der Waals surface area contributed by atoms with Crippen molar-refractivity contribution in [2.24, 2.45) is 0 Å². The summed E-state index contributed by atoms with van der Waals surface area (Å²) in [5.41, 5.74) is 0.492. The summed E-state index contributed by atoms with van der Waals surface area (Å²) in [7, 11) is 0. The fourth-order valence-corrected chi connectivity index (χ4v) is 2.09. The summed E-state index contributed by atoms with van der Waals surface area (Å²) in [5.74, 6) is -0.384. The average Bonchev–Trinajstić information content (AvgIpc) is 2.75. The maximum absolute atomic E-state index is 12.4. The molecular formula is C16H22N4O2. The zero-order chi connectivity index (χ0) is 16.5. The third-order valence-electron chi connectivity index (χ3n) is 2.87. The second kappa shape index (κ2) is 5.79. The number of pyridine rings is 1. The molecule has 0 aromatic carbocycles. The molecule has 2 rings (SSSR count). The third-order valence-corrected chi connectivity index (χ3v) is 2.87. The van der Waals surface area contributed by atoms with E-state index < -0.39 is 0 Å². The molecule has 2 aromatic heterocycles. The quantitative estimate of drug-likeness (QED) is 0.910. The topological polar surface area (TPSA) is 75.5 Å². The van der Waals surface area contributed by atoms with E-state index in [2.05, 4.69) is 15.6 Å². The second-order valence-corrected chi connectivity index (χ2v) is 6.57. The summed E-state index contributed by atoms with van der Waals surface area (Å²) in [4.78, 5) is 28.9. The minimum Gasteiger partial charge on any atom is -0.348 e. The highest BCUT2D eigenvalue weighted by molar-refractivity contribution is 6.02. The molecule has 0 radical (unpaired) electrons. The van der Waals surface area contributed by atoms with E-state index in [4.69, 9.17) is 0 Å². The van der Waals surface area contributed by atoms with Gasteiger partial charge in [-0.2, -0.15) is 0 Å².